The topological polar surface area (TPSA) is 24.5 Å². The minimum Gasteiger partial charge on any atom is -0.381 e. The number of hydrogen-bond donors (Lipinski definition) is 1. The van der Waals surface area contributed by atoms with Crippen LogP contribution in [0.2, 0.25) is 0 Å². The summed E-state index contributed by atoms with van der Waals surface area (Å²) in [6.07, 6.45) is 2.57. The van der Waals surface area contributed by atoms with Gasteiger partial charge in [0.25, 0.3) is 0 Å². The predicted octanol–water partition coefficient (Wildman–Crippen LogP) is 1.73. The molecule has 0 saturated carbocycles. The summed E-state index contributed by atoms with van der Waals surface area (Å²) >= 11 is 0. The van der Waals surface area contributed by atoms with Crippen LogP contribution in [0.3, 0.4) is 0 Å². The van der Waals surface area contributed by atoms with E-state index in [4.69, 9.17) is 4.74 Å². The van der Waals surface area contributed by atoms with E-state index in [1.54, 1.807) is 0 Å². The van der Waals surface area contributed by atoms with Crippen molar-refractivity contribution < 1.29 is 4.74 Å². The molecule has 2 fully saturated rings. The second-order valence-corrected chi connectivity index (χ2v) is 6.28. The molecule has 3 unspecified atom stereocenters. The van der Waals surface area contributed by atoms with E-state index in [1.807, 2.05) is 0 Å². The monoisotopic (exact) mass is 240 g/mol. The van der Waals surface area contributed by atoms with Crippen LogP contribution in [-0.2, 0) is 4.74 Å². The van der Waals surface area contributed by atoms with Gasteiger partial charge in [-0.2, -0.15) is 0 Å². The Morgan fingerprint density at radius 2 is 2.24 bits per heavy atom. The molecule has 3 heteroatoms. The van der Waals surface area contributed by atoms with E-state index in [2.05, 4.69) is 31.0 Å². The van der Waals surface area contributed by atoms with Crippen molar-refractivity contribution in [2.45, 2.75) is 45.7 Å². The maximum Gasteiger partial charge on any atom is 0.0507 e. The van der Waals surface area contributed by atoms with Crippen molar-refractivity contribution in [2.24, 2.45) is 11.8 Å². The van der Waals surface area contributed by atoms with E-state index in [-0.39, 0.29) is 0 Å². The molecule has 0 radical (unpaired) electrons. The Kier molecular flexibility index (Phi) is 4.83. The van der Waals surface area contributed by atoms with E-state index >= 15 is 0 Å². The summed E-state index contributed by atoms with van der Waals surface area (Å²) in [6.45, 7) is 12.5. The van der Waals surface area contributed by atoms with Crippen LogP contribution < -0.4 is 5.32 Å². The van der Waals surface area contributed by atoms with Gasteiger partial charge in [0.05, 0.1) is 6.61 Å². The van der Waals surface area contributed by atoms with Gasteiger partial charge < -0.3 is 10.1 Å². The van der Waals surface area contributed by atoms with Crippen LogP contribution in [0.4, 0.5) is 0 Å². The van der Waals surface area contributed by atoms with E-state index in [0.29, 0.717) is 6.04 Å². The van der Waals surface area contributed by atoms with Gasteiger partial charge in [0.1, 0.15) is 0 Å². The molecule has 17 heavy (non-hydrogen) atoms. The summed E-state index contributed by atoms with van der Waals surface area (Å²) in [7, 11) is 0. The zero-order valence-corrected chi connectivity index (χ0v) is 11.6. The lowest BCUT2D eigenvalue weighted by molar-refractivity contribution is 0.0935. The highest BCUT2D eigenvalue weighted by Gasteiger charge is 2.29. The Bertz CT molecular complexity index is 226. The molecule has 2 aliphatic rings. The van der Waals surface area contributed by atoms with Crippen molar-refractivity contribution in [1.29, 1.82) is 0 Å². The number of hydrogen-bond acceptors (Lipinski definition) is 3. The maximum absolute atomic E-state index is 5.50. The summed E-state index contributed by atoms with van der Waals surface area (Å²) in [4.78, 5) is 2.71. The standard InChI is InChI=1S/C14H28N2O/c1-11(2)6-14-7-15-12(3)8-16(14)9-13-4-5-17-10-13/h11-15H,4-10H2,1-3H3. The van der Waals surface area contributed by atoms with E-state index in [9.17, 15) is 0 Å². The third kappa shape index (κ3) is 3.94. The minimum absolute atomic E-state index is 0.640. The summed E-state index contributed by atoms with van der Waals surface area (Å²) in [5, 5.41) is 3.62. The number of rotatable bonds is 4. The Hall–Kier alpha value is -0.120. The summed E-state index contributed by atoms with van der Waals surface area (Å²) in [5.41, 5.74) is 0. The van der Waals surface area contributed by atoms with Gasteiger partial charge in [0, 0.05) is 38.3 Å². The quantitative estimate of drug-likeness (QED) is 0.810. The minimum atomic E-state index is 0.640. The zero-order valence-electron chi connectivity index (χ0n) is 11.6. The van der Waals surface area contributed by atoms with Crippen molar-refractivity contribution in [3.8, 4) is 0 Å². The highest BCUT2D eigenvalue weighted by molar-refractivity contribution is 4.86. The second-order valence-electron chi connectivity index (χ2n) is 6.28. The Morgan fingerprint density at radius 3 is 2.88 bits per heavy atom. The predicted molar refractivity (Wildman–Crippen MR) is 71.2 cm³/mol. The molecule has 0 aromatic carbocycles. The molecule has 0 bridgehead atoms. The fourth-order valence-electron chi connectivity index (χ4n) is 3.09. The van der Waals surface area contributed by atoms with E-state index < -0.39 is 0 Å². The highest BCUT2D eigenvalue weighted by atomic mass is 16.5. The Morgan fingerprint density at radius 1 is 1.41 bits per heavy atom. The average Bonchev–Trinajstić information content (AvgIpc) is 2.74. The summed E-state index contributed by atoms with van der Waals surface area (Å²) in [6, 6.07) is 1.37. The first-order valence-electron chi connectivity index (χ1n) is 7.20. The third-order valence-corrected chi connectivity index (χ3v) is 3.99. The lowest BCUT2D eigenvalue weighted by Crippen LogP contribution is -2.56. The second kappa shape index (κ2) is 6.17. The lowest BCUT2D eigenvalue weighted by atomic mass is 9.97. The van der Waals surface area contributed by atoms with Crippen molar-refractivity contribution in [3.63, 3.8) is 0 Å². The molecular weight excluding hydrogens is 212 g/mol. The van der Waals surface area contributed by atoms with Gasteiger partial charge in [0.2, 0.25) is 0 Å². The van der Waals surface area contributed by atoms with Crippen LogP contribution in [0.5, 0.6) is 0 Å². The Balaban J connectivity index is 1.88. The molecule has 0 aromatic rings. The van der Waals surface area contributed by atoms with Gasteiger partial charge in [-0.1, -0.05) is 13.8 Å². The van der Waals surface area contributed by atoms with Gasteiger partial charge in [-0.25, -0.2) is 0 Å². The van der Waals surface area contributed by atoms with Gasteiger partial charge in [-0.3, -0.25) is 4.90 Å². The molecule has 3 atom stereocenters. The number of nitrogens with zero attached hydrogens (tertiary/aromatic N) is 1. The van der Waals surface area contributed by atoms with Crippen LogP contribution in [0.1, 0.15) is 33.6 Å². The molecule has 2 rings (SSSR count). The summed E-state index contributed by atoms with van der Waals surface area (Å²) in [5.74, 6) is 1.56. The van der Waals surface area contributed by atoms with Crippen LogP contribution in [-0.4, -0.2) is 49.8 Å². The smallest absolute Gasteiger partial charge is 0.0507 e. The normalized spacial score (nSPS) is 35.6. The molecule has 0 spiro atoms. The summed E-state index contributed by atoms with van der Waals surface area (Å²) < 4.78 is 5.50. The van der Waals surface area contributed by atoms with Gasteiger partial charge in [-0.15, -0.1) is 0 Å². The molecule has 2 saturated heterocycles. The Labute approximate surface area is 106 Å². The third-order valence-electron chi connectivity index (χ3n) is 3.99. The number of piperazine rings is 1. The zero-order chi connectivity index (χ0) is 12.3. The van der Waals surface area contributed by atoms with Crippen LogP contribution in [0, 0.1) is 11.8 Å². The van der Waals surface area contributed by atoms with Gasteiger partial charge in [0.15, 0.2) is 0 Å². The van der Waals surface area contributed by atoms with Crippen molar-refractivity contribution in [2.75, 3.05) is 32.8 Å². The molecule has 0 aromatic heterocycles. The maximum atomic E-state index is 5.50. The fraction of sp³-hybridized carbons (Fsp3) is 1.00. The molecule has 0 aliphatic carbocycles. The average molecular weight is 240 g/mol. The van der Waals surface area contributed by atoms with Crippen LogP contribution in [0.15, 0.2) is 0 Å². The van der Waals surface area contributed by atoms with E-state index in [0.717, 1.165) is 37.6 Å². The van der Waals surface area contributed by atoms with Gasteiger partial charge >= 0.3 is 0 Å². The molecule has 1 N–H and O–H groups in total. The molecule has 2 aliphatic heterocycles. The molecule has 0 amide bonds. The van der Waals surface area contributed by atoms with Crippen LogP contribution in [0.25, 0.3) is 0 Å². The molecule has 100 valence electrons. The largest absolute Gasteiger partial charge is 0.381 e. The molecular formula is C14H28N2O. The van der Waals surface area contributed by atoms with Crippen molar-refractivity contribution in [3.05, 3.63) is 0 Å². The van der Waals surface area contributed by atoms with E-state index in [1.165, 1.54) is 25.9 Å². The highest BCUT2D eigenvalue weighted by Crippen LogP contribution is 2.20. The first kappa shape index (κ1) is 13.3. The van der Waals surface area contributed by atoms with Crippen molar-refractivity contribution >= 4 is 0 Å². The van der Waals surface area contributed by atoms with Crippen LogP contribution >= 0.6 is 0 Å². The molecule has 3 nitrogen and oxygen atoms in total. The number of nitrogens with one attached hydrogen (secondary N) is 1. The fourth-order valence-corrected chi connectivity index (χ4v) is 3.09. The SMILES string of the molecule is CC(C)CC1CNC(C)CN1CC1CCOC1. The first-order valence-corrected chi connectivity index (χ1v) is 7.20. The van der Waals surface area contributed by atoms with Gasteiger partial charge in [-0.05, 0) is 31.6 Å². The van der Waals surface area contributed by atoms with Crippen molar-refractivity contribution in [1.82, 2.24) is 10.2 Å². The number of ether oxygens (including phenoxy) is 1. The first-order chi connectivity index (χ1) is 8.15. The molecule has 2 heterocycles. The lowest BCUT2D eigenvalue weighted by Gasteiger charge is -2.41.